The van der Waals surface area contributed by atoms with Gasteiger partial charge in [-0.15, -0.1) is 0 Å². The normalized spacial score (nSPS) is 17.4. The number of fused-ring (bicyclic) bond motifs is 1. The molecular weight excluding hydrogens is 374 g/mol. The van der Waals surface area contributed by atoms with Crippen LogP contribution in [0.3, 0.4) is 0 Å². The van der Waals surface area contributed by atoms with Gasteiger partial charge in [0.1, 0.15) is 5.69 Å². The van der Waals surface area contributed by atoms with E-state index in [0.717, 1.165) is 50.0 Å². The molecule has 5 heteroatoms. The number of hydrogen-bond acceptors (Lipinski definition) is 2. The van der Waals surface area contributed by atoms with Gasteiger partial charge < -0.3 is 15.2 Å². The summed E-state index contributed by atoms with van der Waals surface area (Å²) in [6.07, 6.45) is 8.73. The summed E-state index contributed by atoms with van der Waals surface area (Å²) in [5.74, 6) is 0.481. The molecule has 5 nitrogen and oxygen atoms in total. The smallest absolute Gasteiger partial charge is 0.267 e. The number of benzene rings is 1. The maximum absolute atomic E-state index is 13.2. The largest absolute Gasteiger partial charge is 0.350 e. The van der Waals surface area contributed by atoms with Gasteiger partial charge in [-0.2, -0.15) is 0 Å². The third-order valence-corrected chi connectivity index (χ3v) is 6.67. The van der Waals surface area contributed by atoms with Gasteiger partial charge in [0.15, 0.2) is 0 Å². The van der Waals surface area contributed by atoms with Crippen molar-refractivity contribution in [2.24, 2.45) is 5.92 Å². The maximum atomic E-state index is 13.2. The van der Waals surface area contributed by atoms with Crippen molar-refractivity contribution in [2.45, 2.75) is 70.9 Å². The van der Waals surface area contributed by atoms with Crippen LogP contribution in [0.15, 0.2) is 36.4 Å². The zero-order valence-corrected chi connectivity index (χ0v) is 18.0. The summed E-state index contributed by atoms with van der Waals surface area (Å²) in [4.78, 5) is 26.2. The molecule has 2 aliphatic rings. The number of hydrogen-bond donors (Lipinski definition) is 2. The van der Waals surface area contributed by atoms with Crippen LogP contribution in [0.4, 0.5) is 0 Å². The summed E-state index contributed by atoms with van der Waals surface area (Å²) in [6.45, 7) is 3.63. The van der Waals surface area contributed by atoms with Crippen molar-refractivity contribution in [2.75, 3.05) is 6.54 Å². The molecule has 2 amide bonds. The first-order valence-electron chi connectivity index (χ1n) is 11.5. The SMILES string of the molecule is CCC(NC(=O)c1cc(C(=O)NCC2CCCC2)n2c1CCCC2)c1ccccc1. The van der Waals surface area contributed by atoms with Crippen LogP contribution in [0.1, 0.15) is 90.0 Å². The topological polar surface area (TPSA) is 63.1 Å². The molecule has 1 aromatic heterocycles. The number of amides is 2. The molecule has 2 heterocycles. The van der Waals surface area contributed by atoms with Crippen molar-refractivity contribution in [3.63, 3.8) is 0 Å². The molecule has 0 radical (unpaired) electrons. The predicted molar refractivity (Wildman–Crippen MR) is 119 cm³/mol. The monoisotopic (exact) mass is 407 g/mol. The van der Waals surface area contributed by atoms with Gasteiger partial charge in [-0.1, -0.05) is 50.1 Å². The van der Waals surface area contributed by atoms with Gasteiger partial charge in [-0.25, -0.2) is 0 Å². The molecule has 1 unspecified atom stereocenters. The van der Waals surface area contributed by atoms with E-state index >= 15 is 0 Å². The van der Waals surface area contributed by atoms with Crippen molar-refractivity contribution in [3.8, 4) is 0 Å². The number of nitrogens with one attached hydrogen (secondary N) is 2. The van der Waals surface area contributed by atoms with Crippen LogP contribution in [0.2, 0.25) is 0 Å². The summed E-state index contributed by atoms with van der Waals surface area (Å²) < 4.78 is 2.08. The fraction of sp³-hybridized carbons (Fsp3) is 0.520. The van der Waals surface area contributed by atoms with Crippen LogP contribution in [-0.4, -0.2) is 22.9 Å². The Hall–Kier alpha value is -2.56. The molecule has 1 fully saturated rings. The second kappa shape index (κ2) is 9.50. The molecule has 1 aliphatic heterocycles. The van der Waals surface area contributed by atoms with E-state index in [0.29, 0.717) is 17.2 Å². The van der Waals surface area contributed by atoms with Crippen molar-refractivity contribution in [1.29, 1.82) is 0 Å². The van der Waals surface area contributed by atoms with Crippen LogP contribution < -0.4 is 10.6 Å². The van der Waals surface area contributed by atoms with E-state index in [4.69, 9.17) is 0 Å². The van der Waals surface area contributed by atoms with Gasteiger partial charge in [0, 0.05) is 18.8 Å². The first kappa shape index (κ1) is 20.7. The Morgan fingerprint density at radius 3 is 2.57 bits per heavy atom. The van der Waals surface area contributed by atoms with Crippen LogP contribution in [0.5, 0.6) is 0 Å². The molecule has 4 rings (SSSR count). The van der Waals surface area contributed by atoms with Gasteiger partial charge >= 0.3 is 0 Å². The molecule has 1 aliphatic carbocycles. The fourth-order valence-electron chi connectivity index (χ4n) is 4.95. The lowest BCUT2D eigenvalue weighted by molar-refractivity contribution is 0.0929. The van der Waals surface area contributed by atoms with Gasteiger partial charge in [-0.3, -0.25) is 9.59 Å². The summed E-state index contributed by atoms with van der Waals surface area (Å²) in [5, 5.41) is 6.32. The molecule has 0 saturated heterocycles. The minimum atomic E-state index is -0.0776. The van der Waals surface area contributed by atoms with Crippen LogP contribution >= 0.6 is 0 Å². The van der Waals surface area contributed by atoms with Gasteiger partial charge in [0.2, 0.25) is 0 Å². The Morgan fingerprint density at radius 1 is 1.07 bits per heavy atom. The van der Waals surface area contributed by atoms with E-state index < -0.39 is 0 Å². The Labute approximate surface area is 179 Å². The summed E-state index contributed by atoms with van der Waals surface area (Å²) in [7, 11) is 0. The number of nitrogens with zero attached hydrogens (tertiary/aromatic N) is 1. The highest BCUT2D eigenvalue weighted by molar-refractivity contribution is 6.00. The van der Waals surface area contributed by atoms with Gasteiger partial charge in [0.25, 0.3) is 11.8 Å². The second-order valence-electron chi connectivity index (χ2n) is 8.70. The number of aromatic nitrogens is 1. The molecule has 2 N–H and O–H groups in total. The third kappa shape index (κ3) is 4.45. The van der Waals surface area contributed by atoms with Gasteiger partial charge in [0.05, 0.1) is 11.6 Å². The molecule has 0 bridgehead atoms. The summed E-state index contributed by atoms with van der Waals surface area (Å²) in [5.41, 5.74) is 3.42. The Balaban J connectivity index is 1.52. The Bertz CT molecular complexity index is 881. The lowest BCUT2D eigenvalue weighted by atomic mass is 10.0. The summed E-state index contributed by atoms with van der Waals surface area (Å²) in [6, 6.07) is 11.9. The van der Waals surface area contributed by atoms with Crippen molar-refractivity contribution < 1.29 is 9.59 Å². The van der Waals surface area contributed by atoms with E-state index in [9.17, 15) is 9.59 Å². The third-order valence-electron chi connectivity index (χ3n) is 6.67. The van der Waals surface area contributed by atoms with Crippen molar-refractivity contribution >= 4 is 11.8 Å². The first-order valence-corrected chi connectivity index (χ1v) is 11.5. The van der Waals surface area contributed by atoms with Crippen molar-refractivity contribution in [3.05, 3.63) is 58.9 Å². The molecule has 30 heavy (non-hydrogen) atoms. The number of carbonyl (C=O) groups is 2. The Morgan fingerprint density at radius 2 is 1.83 bits per heavy atom. The van der Waals surface area contributed by atoms with E-state index in [2.05, 4.69) is 22.1 Å². The fourth-order valence-corrected chi connectivity index (χ4v) is 4.95. The molecule has 1 saturated carbocycles. The lowest BCUT2D eigenvalue weighted by Gasteiger charge is -2.20. The molecule has 1 aromatic carbocycles. The zero-order valence-electron chi connectivity index (χ0n) is 18.0. The molecule has 160 valence electrons. The van der Waals surface area contributed by atoms with E-state index in [1.54, 1.807) is 0 Å². The highest BCUT2D eigenvalue weighted by Gasteiger charge is 2.27. The zero-order chi connectivity index (χ0) is 20.9. The number of carbonyl (C=O) groups excluding carboxylic acids is 2. The highest BCUT2D eigenvalue weighted by Crippen LogP contribution is 2.26. The standard InChI is InChI=1S/C25H33N3O2/c1-2-21(19-12-4-3-5-13-19)27-24(29)20-16-23(28-15-9-8-14-22(20)28)25(30)26-17-18-10-6-7-11-18/h3-5,12-13,16,18,21H,2,6-11,14-15,17H2,1H3,(H,26,30)(H,27,29). The molecule has 1 atom stereocenters. The highest BCUT2D eigenvalue weighted by atomic mass is 16.2. The summed E-state index contributed by atoms with van der Waals surface area (Å²) >= 11 is 0. The van der Waals surface area contributed by atoms with Crippen LogP contribution in [0, 0.1) is 5.92 Å². The van der Waals surface area contributed by atoms with E-state index in [1.165, 1.54) is 25.7 Å². The second-order valence-corrected chi connectivity index (χ2v) is 8.70. The quantitative estimate of drug-likeness (QED) is 0.703. The predicted octanol–water partition coefficient (Wildman–Crippen LogP) is 4.63. The Kier molecular flexibility index (Phi) is 6.56. The number of rotatable bonds is 7. The van der Waals surface area contributed by atoms with Crippen molar-refractivity contribution in [1.82, 2.24) is 15.2 Å². The average molecular weight is 408 g/mol. The van der Waals surface area contributed by atoms with E-state index in [-0.39, 0.29) is 17.9 Å². The first-order chi connectivity index (χ1) is 14.7. The van der Waals surface area contributed by atoms with Crippen LogP contribution in [-0.2, 0) is 13.0 Å². The maximum Gasteiger partial charge on any atom is 0.267 e. The molecule has 2 aromatic rings. The minimum absolute atomic E-state index is 0.0301. The lowest BCUT2D eigenvalue weighted by Crippen LogP contribution is -2.30. The molecule has 0 spiro atoms. The van der Waals surface area contributed by atoms with Crippen LogP contribution in [0.25, 0.3) is 0 Å². The minimum Gasteiger partial charge on any atom is -0.350 e. The van der Waals surface area contributed by atoms with Gasteiger partial charge in [-0.05, 0) is 56.1 Å². The van der Waals surface area contributed by atoms with E-state index in [1.807, 2.05) is 36.4 Å². The average Bonchev–Trinajstić information content (AvgIpc) is 3.44. The molecular formula is C25H33N3O2.